The van der Waals surface area contributed by atoms with E-state index in [1.54, 1.807) is 24.3 Å². The lowest BCUT2D eigenvalue weighted by molar-refractivity contribution is -0.137. The molecule has 4 nitrogen and oxygen atoms in total. The monoisotopic (exact) mass is 222 g/mol. The third kappa shape index (κ3) is 4.13. The van der Waals surface area contributed by atoms with Gasteiger partial charge in [0, 0.05) is 6.42 Å². The number of carbonyl (C=O) groups excluding carboxylic acids is 2. The Kier molecular flexibility index (Phi) is 5.05. The van der Waals surface area contributed by atoms with Gasteiger partial charge in [0.25, 0.3) is 0 Å². The Balaban J connectivity index is 0.000000181. The molecular weight excluding hydrogens is 208 g/mol. The van der Waals surface area contributed by atoms with E-state index in [-0.39, 0.29) is 11.9 Å². The van der Waals surface area contributed by atoms with Crippen molar-refractivity contribution >= 4 is 11.9 Å². The smallest absolute Gasteiger partial charge is 0.337 e. The highest BCUT2D eigenvalue weighted by molar-refractivity contribution is 5.89. The van der Waals surface area contributed by atoms with Crippen LogP contribution in [0.5, 0.6) is 0 Å². The Bertz CT molecular complexity index is 337. The predicted molar refractivity (Wildman–Crippen MR) is 58.0 cm³/mol. The quantitative estimate of drug-likeness (QED) is 0.680. The van der Waals surface area contributed by atoms with Crippen molar-refractivity contribution in [2.45, 2.75) is 12.8 Å². The zero-order valence-corrected chi connectivity index (χ0v) is 9.14. The fourth-order valence-electron chi connectivity index (χ4n) is 1.17. The van der Waals surface area contributed by atoms with E-state index in [0.717, 1.165) is 6.42 Å². The molecule has 0 spiro atoms. The molecule has 0 aromatic heterocycles. The normalized spacial score (nSPS) is 13.4. The average Bonchev–Trinajstić information content (AvgIpc) is 2.81. The molecule has 1 aliphatic heterocycles. The van der Waals surface area contributed by atoms with E-state index in [4.69, 9.17) is 0 Å². The van der Waals surface area contributed by atoms with Gasteiger partial charge < -0.3 is 9.47 Å². The summed E-state index contributed by atoms with van der Waals surface area (Å²) in [4.78, 5) is 20.8. The van der Waals surface area contributed by atoms with Crippen molar-refractivity contribution in [1.29, 1.82) is 0 Å². The molecule has 0 unspecified atom stereocenters. The Labute approximate surface area is 94.2 Å². The van der Waals surface area contributed by atoms with Crippen LogP contribution in [0.25, 0.3) is 0 Å². The van der Waals surface area contributed by atoms with Gasteiger partial charge in [0.2, 0.25) is 0 Å². The van der Waals surface area contributed by atoms with Crippen molar-refractivity contribution in [3.05, 3.63) is 35.9 Å². The first-order valence-corrected chi connectivity index (χ1v) is 5.03. The van der Waals surface area contributed by atoms with Gasteiger partial charge >= 0.3 is 11.9 Å². The topological polar surface area (TPSA) is 52.6 Å². The van der Waals surface area contributed by atoms with Crippen LogP contribution in [0.15, 0.2) is 30.3 Å². The summed E-state index contributed by atoms with van der Waals surface area (Å²) in [6.07, 6.45) is 1.54. The maximum atomic E-state index is 10.8. The molecule has 0 saturated carbocycles. The van der Waals surface area contributed by atoms with E-state index >= 15 is 0 Å². The Morgan fingerprint density at radius 3 is 2.38 bits per heavy atom. The summed E-state index contributed by atoms with van der Waals surface area (Å²) in [6, 6.07) is 8.88. The molecule has 0 N–H and O–H groups in total. The number of methoxy groups -OCH3 is 1. The van der Waals surface area contributed by atoms with Crippen molar-refractivity contribution in [2.24, 2.45) is 0 Å². The summed E-state index contributed by atoms with van der Waals surface area (Å²) in [5.74, 6) is -0.337. The summed E-state index contributed by atoms with van der Waals surface area (Å²) in [5, 5.41) is 0. The standard InChI is InChI=1S/C8H8O2.C4H6O2/c1-10-8(9)7-5-3-2-4-6-7;5-4-2-1-3-6-4/h2-6H,1H3;1-3H2. The van der Waals surface area contributed by atoms with E-state index in [1.165, 1.54) is 7.11 Å². The van der Waals surface area contributed by atoms with Crippen LogP contribution in [0.2, 0.25) is 0 Å². The molecule has 1 aromatic carbocycles. The maximum Gasteiger partial charge on any atom is 0.337 e. The van der Waals surface area contributed by atoms with Gasteiger partial charge in [-0.1, -0.05) is 18.2 Å². The van der Waals surface area contributed by atoms with Gasteiger partial charge in [-0.15, -0.1) is 0 Å². The second-order valence-electron chi connectivity index (χ2n) is 3.18. The molecule has 1 aromatic rings. The number of cyclic esters (lactones) is 1. The first-order valence-electron chi connectivity index (χ1n) is 5.03. The molecule has 2 rings (SSSR count). The highest BCUT2D eigenvalue weighted by Gasteiger charge is 2.08. The third-order valence-corrected chi connectivity index (χ3v) is 1.98. The van der Waals surface area contributed by atoms with Crippen LogP contribution in [0.4, 0.5) is 0 Å². The van der Waals surface area contributed by atoms with Gasteiger partial charge in [-0.2, -0.15) is 0 Å². The fourth-order valence-corrected chi connectivity index (χ4v) is 1.17. The molecule has 86 valence electrons. The zero-order chi connectivity index (χ0) is 11.8. The van der Waals surface area contributed by atoms with Crippen molar-refractivity contribution in [1.82, 2.24) is 0 Å². The minimum atomic E-state index is -0.291. The summed E-state index contributed by atoms with van der Waals surface area (Å²) in [6.45, 7) is 0.638. The average molecular weight is 222 g/mol. The Morgan fingerprint density at radius 2 is 2.00 bits per heavy atom. The number of ether oxygens (including phenoxy) is 2. The van der Waals surface area contributed by atoms with Gasteiger partial charge in [0.15, 0.2) is 0 Å². The fraction of sp³-hybridized carbons (Fsp3) is 0.333. The molecule has 0 radical (unpaired) electrons. The first kappa shape index (κ1) is 12.2. The summed E-state index contributed by atoms with van der Waals surface area (Å²) < 4.78 is 9.01. The SMILES string of the molecule is COC(=O)c1ccccc1.O=C1CCCO1. The van der Waals surface area contributed by atoms with E-state index in [1.807, 2.05) is 6.07 Å². The molecule has 0 bridgehead atoms. The highest BCUT2D eigenvalue weighted by Crippen LogP contribution is 2.01. The lowest BCUT2D eigenvalue weighted by Gasteiger charge is -1.95. The second-order valence-corrected chi connectivity index (χ2v) is 3.18. The second kappa shape index (κ2) is 6.61. The molecular formula is C12H14O4. The molecule has 4 heteroatoms. The Hall–Kier alpha value is -1.84. The lowest BCUT2D eigenvalue weighted by atomic mass is 10.2. The molecule has 16 heavy (non-hydrogen) atoms. The van der Waals surface area contributed by atoms with Crippen LogP contribution in [0.3, 0.4) is 0 Å². The molecule has 0 atom stereocenters. The van der Waals surface area contributed by atoms with Crippen LogP contribution >= 0.6 is 0 Å². The van der Waals surface area contributed by atoms with Gasteiger partial charge in [0.05, 0.1) is 19.3 Å². The van der Waals surface area contributed by atoms with Crippen molar-refractivity contribution in [3.8, 4) is 0 Å². The largest absolute Gasteiger partial charge is 0.466 e. The summed E-state index contributed by atoms with van der Waals surface area (Å²) in [5.41, 5.74) is 0.588. The van der Waals surface area contributed by atoms with Crippen LogP contribution in [-0.2, 0) is 14.3 Å². The minimum Gasteiger partial charge on any atom is -0.466 e. The van der Waals surface area contributed by atoms with Crippen molar-refractivity contribution in [3.63, 3.8) is 0 Å². The van der Waals surface area contributed by atoms with Gasteiger partial charge in [-0.05, 0) is 18.6 Å². The number of carbonyl (C=O) groups is 2. The van der Waals surface area contributed by atoms with Gasteiger partial charge in [0.1, 0.15) is 0 Å². The van der Waals surface area contributed by atoms with E-state index in [9.17, 15) is 9.59 Å². The summed E-state index contributed by atoms with van der Waals surface area (Å²) >= 11 is 0. The summed E-state index contributed by atoms with van der Waals surface area (Å²) in [7, 11) is 1.37. The van der Waals surface area contributed by atoms with Gasteiger partial charge in [-0.25, -0.2) is 4.79 Å². The number of benzene rings is 1. The van der Waals surface area contributed by atoms with Crippen molar-refractivity contribution in [2.75, 3.05) is 13.7 Å². The molecule has 0 aliphatic carbocycles. The van der Waals surface area contributed by atoms with E-state index in [0.29, 0.717) is 18.6 Å². The molecule has 1 fully saturated rings. The first-order chi connectivity index (χ1) is 7.74. The van der Waals surface area contributed by atoms with Gasteiger partial charge in [-0.3, -0.25) is 4.79 Å². The van der Waals surface area contributed by atoms with Crippen LogP contribution in [0, 0.1) is 0 Å². The minimum absolute atomic E-state index is 0.0463. The number of hydrogen-bond acceptors (Lipinski definition) is 4. The number of hydrogen-bond donors (Lipinski definition) is 0. The third-order valence-electron chi connectivity index (χ3n) is 1.98. The number of rotatable bonds is 1. The molecule has 1 aliphatic rings. The number of esters is 2. The zero-order valence-electron chi connectivity index (χ0n) is 9.14. The van der Waals surface area contributed by atoms with E-state index in [2.05, 4.69) is 9.47 Å². The molecule has 1 heterocycles. The Morgan fingerprint density at radius 1 is 1.31 bits per heavy atom. The maximum absolute atomic E-state index is 10.8. The van der Waals surface area contributed by atoms with Crippen molar-refractivity contribution < 1.29 is 19.1 Å². The predicted octanol–water partition coefficient (Wildman–Crippen LogP) is 1.80. The van der Waals surface area contributed by atoms with E-state index < -0.39 is 0 Å². The highest BCUT2D eigenvalue weighted by atomic mass is 16.5. The van der Waals surface area contributed by atoms with Crippen LogP contribution in [-0.4, -0.2) is 25.7 Å². The lowest BCUT2D eigenvalue weighted by Crippen LogP contribution is -1.99. The molecule has 0 amide bonds. The van der Waals surface area contributed by atoms with Crippen LogP contribution in [0.1, 0.15) is 23.2 Å². The van der Waals surface area contributed by atoms with Crippen LogP contribution < -0.4 is 0 Å². The molecule has 1 saturated heterocycles.